The third-order valence-electron chi connectivity index (χ3n) is 3.54. The van der Waals surface area contributed by atoms with Crippen LogP contribution in [0, 0.1) is 0 Å². The molecule has 1 atom stereocenters. The minimum Gasteiger partial charge on any atom is -0.462 e. The lowest BCUT2D eigenvalue weighted by Crippen LogP contribution is -2.23. The van der Waals surface area contributed by atoms with E-state index in [2.05, 4.69) is 10.6 Å². The van der Waals surface area contributed by atoms with Gasteiger partial charge in [-0.3, -0.25) is 4.79 Å². The molecule has 6 heteroatoms. The Morgan fingerprint density at radius 1 is 1.41 bits per heavy atom. The van der Waals surface area contributed by atoms with Crippen molar-refractivity contribution in [2.24, 2.45) is 0 Å². The zero-order valence-electron chi connectivity index (χ0n) is 12.8. The first-order valence-electron chi connectivity index (χ1n) is 7.49. The molecule has 22 heavy (non-hydrogen) atoms. The number of rotatable bonds is 6. The molecule has 0 aliphatic carbocycles. The summed E-state index contributed by atoms with van der Waals surface area (Å²) in [7, 11) is 0. The van der Waals surface area contributed by atoms with Crippen molar-refractivity contribution in [3.8, 4) is 0 Å². The van der Waals surface area contributed by atoms with E-state index >= 15 is 0 Å². The van der Waals surface area contributed by atoms with Crippen LogP contribution in [0.25, 0.3) is 0 Å². The van der Waals surface area contributed by atoms with Crippen molar-refractivity contribution in [1.29, 1.82) is 0 Å². The van der Waals surface area contributed by atoms with Crippen LogP contribution in [0.15, 0.2) is 24.3 Å². The number of nitrogens with one attached hydrogen (secondary N) is 2. The predicted molar refractivity (Wildman–Crippen MR) is 88.5 cm³/mol. The minimum absolute atomic E-state index is 0. The largest absolute Gasteiger partial charge is 0.462 e. The summed E-state index contributed by atoms with van der Waals surface area (Å²) >= 11 is 0. The summed E-state index contributed by atoms with van der Waals surface area (Å²) < 4.78 is 4.94. The van der Waals surface area contributed by atoms with Gasteiger partial charge in [-0.2, -0.15) is 0 Å². The number of hydrogen-bond acceptors (Lipinski definition) is 4. The van der Waals surface area contributed by atoms with Gasteiger partial charge in [0.25, 0.3) is 0 Å². The highest BCUT2D eigenvalue weighted by molar-refractivity contribution is 5.94. The molecule has 0 bridgehead atoms. The van der Waals surface area contributed by atoms with Crippen molar-refractivity contribution in [2.45, 2.75) is 38.6 Å². The second kappa shape index (κ2) is 9.43. The van der Waals surface area contributed by atoms with Crippen LogP contribution in [0.1, 0.15) is 43.0 Å². The molecule has 0 aromatic heterocycles. The van der Waals surface area contributed by atoms with E-state index in [1.807, 2.05) is 0 Å². The summed E-state index contributed by atoms with van der Waals surface area (Å²) in [5.41, 5.74) is 1.08. The maximum atomic E-state index is 11.9. The van der Waals surface area contributed by atoms with Crippen molar-refractivity contribution < 1.29 is 14.3 Å². The monoisotopic (exact) mass is 326 g/mol. The van der Waals surface area contributed by atoms with Crippen LogP contribution >= 0.6 is 12.4 Å². The average molecular weight is 327 g/mol. The van der Waals surface area contributed by atoms with E-state index in [-0.39, 0.29) is 24.3 Å². The molecule has 5 nitrogen and oxygen atoms in total. The molecule has 1 heterocycles. The first-order chi connectivity index (χ1) is 10.2. The predicted octanol–water partition coefficient (Wildman–Crippen LogP) is 2.76. The van der Waals surface area contributed by atoms with Gasteiger partial charge in [0.1, 0.15) is 0 Å². The summed E-state index contributed by atoms with van der Waals surface area (Å²) in [5, 5.41) is 6.20. The van der Waals surface area contributed by atoms with Crippen molar-refractivity contribution in [3.05, 3.63) is 29.8 Å². The van der Waals surface area contributed by atoms with E-state index in [1.54, 1.807) is 31.2 Å². The Morgan fingerprint density at radius 2 is 2.23 bits per heavy atom. The molecule has 1 amide bonds. The smallest absolute Gasteiger partial charge is 0.338 e. The molecule has 122 valence electrons. The fraction of sp³-hybridized carbons (Fsp3) is 0.500. The van der Waals surface area contributed by atoms with Crippen LogP contribution < -0.4 is 10.6 Å². The van der Waals surface area contributed by atoms with Crippen molar-refractivity contribution in [2.75, 3.05) is 18.5 Å². The highest BCUT2D eigenvalue weighted by Gasteiger charge is 2.15. The van der Waals surface area contributed by atoms with E-state index < -0.39 is 0 Å². The fourth-order valence-electron chi connectivity index (χ4n) is 2.47. The maximum absolute atomic E-state index is 11.9. The Kier molecular flexibility index (Phi) is 7.91. The Balaban J connectivity index is 0.00000242. The second-order valence-corrected chi connectivity index (χ2v) is 5.18. The molecule has 0 saturated carbocycles. The molecule has 2 N–H and O–H groups in total. The van der Waals surface area contributed by atoms with Gasteiger partial charge in [0.15, 0.2) is 0 Å². The lowest BCUT2D eigenvalue weighted by molar-refractivity contribution is -0.116. The number of carbonyl (C=O) groups excluding carboxylic acids is 2. The van der Waals surface area contributed by atoms with Gasteiger partial charge in [-0.15, -0.1) is 12.4 Å². The summed E-state index contributed by atoms with van der Waals surface area (Å²) in [6, 6.07) is 7.29. The molecule has 1 unspecified atom stereocenters. The minimum atomic E-state index is -0.372. The van der Waals surface area contributed by atoms with Gasteiger partial charge in [0.05, 0.1) is 12.2 Å². The van der Waals surface area contributed by atoms with Crippen LogP contribution in [0.3, 0.4) is 0 Å². The van der Waals surface area contributed by atoms with Crippen LogP contribution in [0.4, 0.5) is 5.69 Å². The number of benzene rings is 1. The van der Waals surface area contributed by atoms with Gasteiger partial charge in [0, 0.05) is 18.2 Å². The van der Waals surface area contributed by atoms with E-state index in [9.17, 15) is 9.59 Å². The van der Waals surface area contributed by atoms with Gasteiger partial charge in [-0.25, -0.2) is 4.79 Å². The highest BCUT2D eigenvalue weighted by atomic mass is 35.5. The SMILES string of the molecule is CCOC(=O)c1cccc(NC(=O)CCC2CCCN2)c1.Cl. The molecule has 2 rings (SSSR count). The van der Waals surface area contributed by atoms with Crippen LogP contribution in [0.5, 0.6) is 0 Å². The number of esters is 1. The zero-order valence-corrected chi connectivity index (χ0v) is 13.6. The van der Waals surface area contributed by atoms with Gasteiger partial charge in [0.2, 0.25) is 5.91 Å². The summed E-state index contributed by atoms with van der Waals surface area (Å²) in [4.78, 5) is 23.6. The number of halogens is 1. The number of ether oxygens (including phenoxy) is 1. The van der Waals surface area contributed by atoms with Crippen molar-refractivity contribution >= 4 is 30.0 Å². The Bertz CT molecular complexity index is 502. The summed E-state index contributed by atoms with van der Waals surface area (Å²) in [6.07, 6.45) is 3.67. The maximum Gasteiger partial charge on any atom is 0.338 e. The van der Waals surface area contributed by atoms with Crippen molar-refractivity contribution in [1.82, 2.24) is 5.32 Å². The quantitative estimate of drug-likeness (QED) is 0.789. The second-order valence-electron chi connectivity index (χ2n) is 5.18. The molecule has 1 aromatic carbocycles. The Hall–Kier alpha value is -1.59. The molecular weight excluding hydrogens is 304 g/mol. The summed E-state index contributed by atoms with van der Waals surface area (Å²) in [6.45, 7) is 3.15. The van der Waals surface area contributed by atoms with Gasteiger partial charge in [-0.05, 0) is 50.9 Å². The lowest BCUT2D eigenvalue weighted by Gasteiger charge is -2.10. The van der Waals surface area contributed by atoms with E-state index in [4.69, 9.17) is 4.74 Å². The average Bonchev–Trinajstić information content (AvgIpc) is 2.99. The lowest BCUT2D eigenvalue weighted by atomic mass is 10.1. The topological polar surface area (TPSA) is 67.4 Å². The van der Waals surface area contributed by atoms with Crippen LogP contribution in [0.2, 0.25) is 0 Å². The van der Waals surface area contributed by atoms with Crippen LogP contribution in [-0.4, -0.2) is 31.1 Å². The number of amides is 1. The fourth-order valence-corrected chi connectivity index (χ4v) is 2.47. The molecule has 1 aliphatic rings. The molecule has 1 fully saturated rings. The van der Waals surface area contributed by atoms with E-state index in [0.717, 1.165) is 19.4 Å². The molecule has 1 aliphatic heterocycles. The van der Waals surface area contributed by atoms with Crippen molar-refractivity contribution in [3.63, 3.8) is 0 Å². The third-order valence-corrected chi connectivity index (χ3v) is 3.54. The Labute approximate surface area is 137 Å². The van der Waals surface area contributed by atoms with Gasteiger partial charge >= 0.3 is 5.97 Å². The first kappa shape index (κ1) is 18.5. The number of carbonyl (C=O) groups is 2. The third kappa shape index (κ3) is 5.66. The number of hydrogen-bond donors (Lipinski definition) is 2. The number of anilines is 1. The summed E-state index contributed by atoms with van der Waals surface area (Å²) in [5.74, 6) is -0.395. The van der Waals surface area contributed by atoms with E-state index in [1.165, 1.54) is 6.42 Å². The standard InChI is InChI=1S/C16H22N2O3.ClH/c1-2-21-16(20)12-5-3-6-14(11-12)18-15(19)9-8-13-7-4-10-17-13;/h3,5-6,11,13,17H,2,4,7-10H2,1H3,(H,18,19);1H. The first-order valence-corrected chi connectivity index (χ1v) is 7.49. The molecule has 1 aromatic rings. The highest BCUT2D eigenvalue weighted by Crippen LogP contribution is 2.14. The van der Waals surface area contributed by atoms with Crippen LogP contribution in [-0.2, 0) is 9.53 Å². The Morgan fingerprint density at radius 3 is 2.91 bits per heavy atom. The zero-order chi connectivity index (χ0) is 15.1. The molecular formula is C16H23ClN2O3. The molecule has 0 radical (unpaired) electrons. The molecule has 1 saturated heterocycles. The van der Waals surface area contributed by atoms with E-state index in [0.29, 0.717) is 30.3 Å². The van der Waals surface area contributed by atoms with Gasteiger partial charge in [-0.1, -0.05) is 6.07 Å². The molecule has 0 spiro atoms. The normalized spacial score (nSPS) is 16.7. The van der Waals surface area contributed by atoms with Gasteiger partial charge < -0.3 is 15.4 Å².